The Morgan fingerprint density at radius 2 is 2.05 bits per heavy atom. The third-order valence-electron chi connectivity index (χ3n) is 2.64. The molecule has 7 nitrogen and oxygen atoms in total. The molecule has 0 spiro atoms. The second kappa shape index (κ2) is 5.79. The molecule has 1 aliphatic heterocycles. The Kier molecular flexibility index (Phi) is 3.90. The van der Waals surface area contributed by atoms with Gasteiger partial charge in [0.2, 0.25) is 5.91 Å². The minimum atomic E-state index is -0.671. The maximum Gasteiger partial charge on any atom is 0.312 e. The zero-order valence-corrected chi connectivity index (χ0v) is 10.5. The minimum Gasteiger partial charge on any atom is -0.366 e. The molecule has 1 aromatic rings. The number of allylic oxidation sites excluding steroid dienone is 2. The van der Waals surface area contributed by atoms with Crippen LogP contribution in [0.5, 0.6) is 0 Å². The first kappa shape index (κ1) is 13.5. The molecule has 5 N–H and O–H groups in total. The van der Waals surface area contributed by atoms with Gasteiger partial charge in [-0.3, -0.25) is 14.6 Å². The SMILES string of the molecule is NC(=O)NCc1cccc(C(N)=O)c1C1=CC=COO1. The van der Waals surface area contributed by atoms with Gasteiger partial charge in [-0.15, -0.1) is 0 Å². The van der Waals surface area contributed by atoms with Crippen LogP contribution in [0.3, 0.4) is 0 Å². The average molecular weight is 275 g/mol. The van der Waals surface area contributed by atoms with Crippen molar-refractivity contribution in [2.24, 2.45) is 11.5 Å². The molecule has 3 amide bonds. The van der Waals surface area contributed by atoms with Crippen LogP contribution in [0.2, 0.25) is 0 Å². The Morgan fingerprint density at radius 3 is 2.65 bits per heavy atom. The summed E-state index contributed by atoms with van der Waals surface area (Å²) in [7, 11) is 0. The number of nitrogens with two attached hydrogens (primary N) is 2. The molecule has 0 aromatic heterocycles. The summed E-state index contributed by atoms with van der Waals surface area (Å²) in [6, 6.07) is 4.27. The molecule has 0 fully saturated rings. The Balaban J connectivity index is 2.47. The number of hydrogen-bond donors (Lipinski definition) is 3. The van der Waals surface area contributed by atoms with Crippen molar-refractivity contribution < 1.29 is 19.4 Å². The van der Waals surface area contributed by atoms with Crippen molar-refractivity contribution in [2.75, 3.05) is 0 Å². The van der Waals surface area contributed by atoms with Gasteiger partial charge in [-0.25, -0.2) is 4.79 Å². The standard InChI is InChI=1S/C13H13N3O4/c14-12(17)9-4-1-3-8(7-16-13(15)18)11(9)10-5-2-6-19-20-10/h1-6H,7H2,(H2,14,17)(H3,15,16,18). The maximum absolute atomic E-state index is 11.5. The number of amides is 3. The van der Waals surface area contributed by atoms with E-state index in [4.69, 9.17) is 21.2 Å². The van der Waals surface area contributed by atoms with Crippen LogP contribution in [-0.2, 0) is 16.3 Å². The van der Waals surface area contributed by atoms with E-state index in [1.165, 1.54) is 6.26 Å². The number of hydrogen-bond acceptors (Lipinski definition) is 4. The molecule has 0 radical (unpaired) electrons. The Hall–Kier alpha value is -2.96. The summed E-state index contributed by atoms with van der Waals surface area (Å²) in [5, 5.41) is 2.45. The molecule has 7 heteroatoms. The third kappa shape index (κ3) is 2.89. The van der Waals surface area contributed by atoms with Gasteiger partial charge in [0.05, 0.1) is 5.56 Å². The van der Waals surface area contributed by atoms with Gasteiger partial charge >= 0.3 is 6.03 Å². The van der Waals surface area contributed by atoms with Crippen molar-refractivity contribution >= 4 is 17.7 Å². The normalized spacial score (nSPS) is 12.9. The summed E-state index contributed by atoms with van der Waals surface area (Å²) in [6.45, 7) is 0.135. The largest absolute Gasteiger partial charge is 0.366 e. The van der Waals surface area contributed by atoms with E-state index in [9.17, 15) is 9.59 Å². The quantitative estimate of drug-likeness (QED) is 0.703. The summed E-state index contributed by atoms with van der Waals surface area (Å²) in [5.74, 6) is -0.289. The smallest absolute Gasteiger partial charge is 0.312 e. The molecular formula is C13H13N3O4. The second-order valence-electron chi connectivity index (χ2n) is 3.96. The lowest BCUT2D eigenvalue weighted by Crippen LogP contribution is -2.29. The Labute approximate surface area is 114 Å². The molecule has 0 bridgehead atoms. The van der Waals surface area contributed by atoms with Crippen molar-refractivity contribution in [1.82, 2.24) is 5.32 Å². The number of urea groups is 1. The number of primary amides is 2. The van der Waals surface area contributed by atoms with E-state index < -0.39 is 11.9 Å². The van der Waals surface area contributed by atoms with Gasteiger partial charge in [0.25, 0.3) is 0 Å². The highest BCUT2D eigenvalue weighted by Crippen LogP contribution is 2.26. The third-order valence-corrected chi connectivity index (χ3v) is 2.64. The highest BCUT2D eigenvalue weighted by Gasteiger charge is 2.19. The van der Waals surface area contributed by atoms with Crippen LogP contribution in [0.15, 0.2) is 36.6 Å². The van der Waals surface area contributed by atoms with Crippen molar-refractivity contribution in [3.8, 4) is 0 Å². The lowest BCUT2D eigenvalue weighted by Gasteiger charge is -2.16. The summed E-state index contributed by atoms with van der Waals surface area (Å²) in [5.41, 5.74) is 11.7. The van der Waals surface area contributed by atoms with E-state index in [-0.39, 0.29) is 12.1 Å². The van der Waals surface area contributed by atoms with E-state index in [0.29, 0.717) is 16.9 Å². The molecule has 104 valence electrons. The molecule has 2 rings (SSSR count). The van der Waals surface area contributed by atoms with E-state index >= 15 is 0 Å². The lowest BCUT2D eigenvalue weighted by molar-refractivity contribution is -0.182. The van der Waals surface area contributed by atoms with Crippen molar-refractivity contribution in [3.05, 3.63) is 53.3 Å². The molecule has 1 aromatic carbocycles. The van der Waals surface area contributed by atoms with E-state index in [2.05, 4.69) is 5.32 Å². The van der Waals surface area contributed by atoms with Crippen LogP contribution >= 0.6 is 0 Å². The summed E-state index contributed by atoms with van der Waals surface area (Å²) in [6.07, 6.45) is 4.58. The first-order valence-corrected chi connectivity index (χ1v) is 5.75. The molecule has 0 aliphatic carbocycles. The van der Waals surface area contributed by atoms with Crippen LogP contribution in [0.25, 0.3) is 5.76 Å². The predicted octanol–water partition coefficient (Wildman–Crippen LogP) is 0.770. The van der Waals surface area contributed by atoms with Gasteiger partial charge < -0.3 is 16.8 Å². The van der Waals surface area contributed by atoms with Crippen LogP contribution in [0, 0.1) is 0 Å². The van der Waals surface area contributed by atoms with Crippen LogP contribution in [0.1, 0.15) is 21.5 Å². The fourth-order valence-corrected chi connectivity index (χ4v) is 1.82. The number of carbonyl (C=O) groups excluding carboxylic acids is 2. The number of rotatable bonds is 4. The summed E-state index contributed by atoms with van der Waals surface area (Å²) >= 11 is 0. The molecule has 0 unspecified atom stereocenters. The summed E-state index contributed by atoms with van der Waals surface area (Å²) in [4.78, 5) is 32.1. The van der Waals surface area contributed by atoms with Crippen molar-refractivity contribution in [1.29, 1.82) is 0 Å². The number of nitrogens with one attached hydrogen (secondary N) is 1. The summed E-state index contributed by atoms with van der Waals surface area (Å²) < 4.78 is 0. The number of benzene rings is 1. The van der Waals surface area contributed by atoms with Gasteiger partial charge in [0.15, 0.2) is 5.76 Å². The average Bonchev–Trinajstić information content (AvgIpc) is 2.45. The molecule has 1 heterocycles. The van der Waals surface area contributed by atoms with E-state index in [1.807, 2.05) is 0 Å². The van der Waals surface area contributed by atoms with E-state index in [1.54, 1.807) is 30.4 Å². The van der Waals surface area contributed by atoms with Gasteiger partial charge in [-0.2, -0.15) is 0 Å². The molecular weight excluding hydrogens is 262 g/mol. The monoisotopic (exact) mass is 275 g/mol. The number of carbonyl (C=O) groups is 2. The maximum atomic E-state index is 11.5. The van der Waals surface area contributed by atoms with Gasteiger partial charge in [-0.1, -0.05) is 12.1 Å². The first-order chi connectivity index (χ1) is 9.59. The highest BCUT2D eigenvalue weighted by molar-refractivity contribution is 5.98. The fraction of sp³-hybridized carbons (Fsp3) is 0.0769. The molecule has 1 aliphatic rings. The van der Waals surface area contributed by atoms with Crippen molar-refractivity contribution in [3.63, 3.8) is 0 Å². The van der Waals surface area contributed by atoms with Crippen LogP contribution in [0.4, 0.5) is 4.79 Å². The topological polar surface area (TPSA) is 117 Å². The zero-order chi connectivity index (χ0) is 14.5. The fourth-order valence-electron chi connectivity index (χ4n) is 1.82. The zero-order valence-electron chi connectivity index (χ0n) is 10.5. The lowest BCUT2D eigenvalue weighted by atomic mass is 9.98. The molecule has 20 heavy (non-hydrogen) atoms. The highest BCUT2D eigenvalue weighted by atomic mass is 17.2. The predicted molar refractivity (Wildman–Crippen MR) is 70.7 cm³/mol. The Morgan fingerprint density at radius 1 is 1.25 bits per heavy atom. The minimum absolute atomic E-state index is 0.135. The van der Waals surface area contributed by atoms with Crippen LogP contribution < -0.4 is 16.8 Å². The van der Waals surface area contributed by atoms with Gasteiger partial charge in [0.1, 0.15) is 6.26 Å². The first-order valence-electron chi connectivity index (χ1n) is 5.75. The molecule has 0 saturated carbocycles. The van der Waals surface area contributed by atoms with Crippen molar-refractivity contribution in [2.45, 2.75) is 6.54 Å². The van der Waals surface area contributed by atoms with Crippen LogP contribution in [-0.4, -0.2) is 11.9 Å². The molecule has 0 atom stereocenters. The Bertz CT molecular complexity index is 608. The van der Waals surface area contributed by atoms with Gasteiger partial charge in [-0.05, 0) is 23.8 Å². The van der Waals surface area contributed by atoms with Gasteiger partial charge in [0, 0.05) is 12.1 Å². The second-order valence-corrected chi connectivity index (χ2v) is 3.96. The van der Waals surface area contributed by atoms with E-state index in [0.717, 1.165) is 0 Å². The molecule has 0 saturated heterocycles.